The normalized spacial score (nSPS) is 14.2. The summed E-state index contributed by atoms with van der Waals surface area (Å²) in [5, 5.41) is 0. The maximum absolute atomic E-state index is 11.4. The molecule has 0 amide bonds. The summed E-state index contributed by atoms with van der Waals surface area (Å²) in [6.07, 6.45) is 7.33. The van der Waals surface area contributed by atoms with Crippen LogP contribution in [0.4, 0.5) is 0 Å². The lowest BCUT2D eigenvalue weighted by Crippen LogP contribution is -2.46. The number of ether oxygens (including phenoxy) is 1. The molecule has 142 valence electrons. The molecule has 0 radical (unpaired) electrons. The van der Waals surface area contributed by atoms with Crippen LogP contribution in [-0.4, -0.2) is 29.2 Å². The van der Waals surface area contributed by atoms with Crippen molar-refractivity contribution in [3.05, 3.63) is 12.2 Å². The number of hydrogen-bond acceptors (Lipinski definition) is 3. The molecule has 3 nitrogen and oxygen atoms in total. The summed E-state index contributed by atoms with van der Waals surface area (Å²) in [4.78, 5) is 11.4. The fraction of sp³-hybridized carbons (Fsp3) is 0.842. The van der Waals surface area contributed by atoms with Gasteiger partial charge in [0.05, 0.1) is 6.61 Å². The molecule has 0 rings (SSSR count). The molecule has 0 fully saturated rings. The van der Waals surface area contributed by atoms with Crippen LogP contribution in [0.25, 0.3) is 0 Å². The van der Waals surface area contributed by atoms with Crippen LogP contribution in [0.2, 0.25) is 37.8 Å². The Morgan fingerprint density at radius 2 is 1.50 bits per heavy atom. The molecule has 0 bridgehead atoms. The molecule has 0 saturated heterocycles. The molecule has 0 spiro atoms. The van der Waals surface area contributed by atoms with Crippen molar-refractivity contribution >= 4 is 22.6 Å². The summed E-state index contributed by atoms with van der Waals surface area (Å²) in [6.45, 7) is 17.4. The average molecular weight is 373 g/mol. The largest absolute Gasteiger partial charge is 0.462 e. The van der Waals surface area contributed by atoms with Gasteiger partial charge in [0.2, 0.25) is 0 Å². The molecule has 0 N–H and O–H groups in total. The van der Waals surface area contributed by atoms with E-state index in [-0.39, 0.29) is 5.97 Å². The molecular weight excluding hydrogens is 332 g/mol. The van der Waals surface area contributed by atoms with Gasteiger partial charge in [0.1, 0.15) is 0 Å². The molecule has 0 saturated carbocycles. The lowest BCUT2D eigenvalue weighted by Gasteiger charge is -2.37. The standard InChI is InChI=1S/C19H40O3Si2/c1-8-10-12-17-24(7,16-11-9-2)22-23(5,6)15-13-14-21-19(20)18(3)4/h3,8-17H2,1-2,4-7H3. The van der Waals surface area contributed by atoms with Gasteiger partial charge in [-0.2, -0.15) is 0 Å². The van der Waals surface area contributed by atoms with E-state index in [1.54, 1.807) is 6.92 Å². The molecule has 0 aliphatic rings. The minimum absolute atomic E-state index is 0.280. The first kappa shape index (κ1) is 23.6. The van der Waals surface area contributed by atoms with E-state index in [1.165, 1.54) is 44.2 Å². The fourth-order valence-electron chi connectivity index (χ4n) is 3.03. The van der Waals surface area contributed by atoms with Crippen LogP contribution in [0.3, 0.4) is 0 Å². The number of hydrogen-bond donors (Lipinski definition) is 0. The van der Waals surface area contributed by atoms with Gasteiger partial charge in [-0.05, 0) is 51.1 Å². The van der Waals surface area contributed by atoms with Gasteiger partial charge in [-0.3, -0.25) is 0 Å². The van der Waals surface area contributed by atoms with E-state index in [9.17, 15) is 4.79 Å². The van der Waals surface area contributed by atoms with Gasteiger partial charge in [-0.25, -0.2) is 4.79 Å². The minimum Gasteiger partial charge on any atom is -0.462 e. The van der Waals surface area contributed by atoms with E-state index < -0.39 is 16.6 Å². The molecule has 0 aromatic rings. The lowest BCUT2D eigenvalue weighted by atomic mass is 10.3. The topological polar surface area (TPSA) is 35.5 Å². The van der Waals surface area contributed by atoms with Crippen molar-refractivity contribution in [1.82, 2.24) is 0 Å². The maximum atomic E-state index is 11.4. The van der Waals surface area contributed by atoms with E-state index in [1.807, 2.05) is 0 Å². The van der Waals surface area contributed by atoms with Gasteiger partial charge in [-0.1, -0.05) is 52.5 Å². The molecule has 1 unspecified atom stereocenters. The molecule has 0 aromatic heterocycles. The zero-order valence-electron chi connectivity index (χ0n) is 17.0. The van der Waals surface area contributed by atoms with Gasteiger partial charge >= 0.3 is 5.97 Å². The second-order valence-electron chi connectivity index (χ2n) is 7.89. The predicted octanol–water partition coefficient (Wildman–Crippen LogP) is 6.28. The summed E-state index contributed by atoms with van der Waals surface area (Å²) >= 11 is 0. The van der Waals surface area contributed by atoms with Crippen LogP contribution in [-0.2, 0) is 13.6 Å². The zero-order valence-corrected chi connectivity index (χ0v) is 19.0. The third kappa shape index (κ3) is 11.2. The van der Waals surface area contributed by atoms with E-state index in [0.29, 0.717) is 12.2 Å². The fourth-order valence-corrected chi connectivity index (χ4v) is 12.9. The summed E-state index contributed by atoms with van der Waals surface area (Å²) in [5.74, 6) is -0.280. The Labute approximate surface area is 152 Å². The zero-order chi connectivity index (χ0) is 18.6. The van der Waals surface area contributed by atoms with Gasteiger partial charge in [0.15, 0.2) is 16.6 Å². The molecule has 24 heavy (non-hydrogen) atoms. The molecular formula is C19H40O3Si2. The van der Waals surface area contributed by atoms with E-state index >= 15 is 0 Å². The number of carbonyl (C=O) groups is 1. The first-order chi connectivity index (χ1) is 11.2. The van der Waals surface area contributed by atoms with E-state index in [4.69, 9.17) is 8.85 Å². The summed E-state index contributed by atoms with van der Waals surface area (Å²) in [7, 11) is -3.30. The Balaban J connectivity index is 4.44. The predicted molar refractivity (Wildman–Crippen MR) is 109 cm³/mol. The summed E-state index contributed by atoms with van der Waals surface area (Å²) in [5.41, 5.74) is 0.471. The second kappa shape index (κ2) is 12.0. The molecule has 5 heteroatoms. The summed E-state index contributed by atoms with van der Waals surface area (Å²) < 4.78 is 12.1. The minimum atomic E-state index is -1.70. The lowest BCUT2D eigenvalue weighted by molar-refractivity contribution is -0.138. The highest BCUT2D eigenvalue weighted by Gasteiger charge is 2.35. The molecule has 0 heterocycles. The average Bonchev–Trinajstić information content (AvgIpc) is 2.49. The smallest absolute Gasteiger partial charge is 0.333 e. The Morgan fingerprint density at radius 3 is 2.04 bits per heavy atom. The third-order valence-electron chi connectivity index (χ3n) is 4.40. The Kier molecular flexibility index (Phi) is 11.8. The van der Waals surface area contributed by atoms with Crippen LogP contribution < -0.4 is 0 Å². The van der Waals surface area contributed by atoms with E-state index in [0.717, 1.165) is 12.5 Å². The highest BCUT2D eigenvalue weighted by atomic mass is 28.4. The first-order valence-electron chi connectivity index (χ1n) is 9.68. The van der Waals surface area contributed by atoms with Crippen LogP contribution >= 0.6 is 0 Å². The van der Waals surface area contributed by atoms with Gasteiger partial charge in [-0.15, -0.1) is 0 Å². The molecule has 0 aliphatic heterocycles. The number of esters is 1. The molecule has 1 atom stereocenters. The highest BCUT2D eigenvalue weighted by molar-refractivity contribution is 6.85. The van der Waals surface area contributed by atoms with Crippen molar-refractivity contribution in [2.24, 2.45) is 0 Å². The maximum Gasteiger partial charge on any atom is 0.333 e. The van der Waals surface area contributed by atoms with Gasteiger partial charge in [0, 0.05) is 5.57 Å². The Morgan fingerprint density at radius 1 is 0.917 bits per heavy atom. The summed E-state index contributed by atoms with van der Waals surface area (Å²) in [6, 6.07) is 3.63. The SMILES string of the molecule is C=C(C)C(=O)OCCC[Si](C)(C)O[Si](C)(CCCC)CCCCC. The highest BCUT2D eigenvalue weighted by Crippen LogP contribution is 2.29. The second-order valence-corrected chi connectivity index (χ2v) is 16.6. The Bertz CT molecular complexity index is 383. The monoisotopic (exact) mass is 372 g/mol. The van der Waals surface area contributed by atoms with Crippen molar-refractivity contribution < 1.29 is 13.6 Å². The van der Waals surface area contributed by atoms with Crippen LogP contribution in [0.1, 0.15) is 59.3 Å². The Hall–Kier alpha value is -0.396. The quantitative estimate of drug-likeness (QED) is 0.156. The van der Waals surface area contributed by atoms with Crippen molar-refractivity contribution in [2.45, 2.75) is 97.1 Å². The first-order valence-corrected chi connectivity index (χ1v) is 15.6. The van der Waals surface area contributed by atoms with Crippen LogP contribution in [0, 0.1) is 0 Å². The van der Waals surface area contributed by atoms with Gasteiger partial charge in [0.25, 0.3) is 0 Å². The van der Waals surface area contributed by atoms with Crippen molar-refractivity contribution in [3.8, 4) is 0 Å². The number of carbonyl (C=O) groups excluding carboxylic acids is 1. The van der Waals surface area contributed by atoms with Crippen molar-refractivity contribution in [2.75, 3.05) is 6.61 Å². The number of unbranched alkanes of at least 4 members (excludes halogenated alkanes) is 3. The van der Waals surface area contributed by atoms with E-state index in [2.05, 4.69) is 40.1 Å². The third-order valence-corrected chi connectivity index (χ3v) is 13.0. The van der Waals surface area contributed by atoms with Crippen LogP contribution in [0.5, 0.6) is 0 Å². The number of rotatable bonds is 14. The van der Waals surface area contributed by atoms with Crippen LogP contribution in [0.15, 0.2) is 12.2 Å². The van der Waals surface area contributed by atoms with Crippen molar-refractivity contribution in [3.63, 3.8) is 0 Å². The van der Waals surface area contributed by atoms with Gasteiger partial charge < -0.3 is 8.85 Å². The van der Waals surface area contributed by atoms with Crippen molar-refractivity contribution in [1.29, 1.82) is 0 Å². The molecule has 0 aromatic carbocycles. The molecule has 0 aliphatic carbocycles.